The van der Waals surface area contributed by atoms with Gasteiger partial charge in [0.25, 0.3) is 0 Å². The van der Waals surface area contributed by atoms with Crippen LogP contribution >= 0.6 is 28.3 Å². The number of rotatable bonds is 3. The molecular weight excluding hydrogens is 265 g/mol. The van der Waals surface area contributed by atoms with Crippen LogP contribution in [0.15, 0.2) is 35.3 Å². The fourth-order valence-electron chi connectivity index (χ4n) is 1.13. The number of hydrogen-bond acceptors (Lipinski definition) is 2. The van der Waals surface area contributed by atoms with E-state index in [4.69, 9.17) is 5.73 Å². The minimum atomic E-state index is -0.185. The molecule has 0 heterocycles. The first-order valence-corrected chi connectivity index (χ1v) is 4.79. The number of nitrogens with two attached hydrogens (primary N) is 1. The maximum absolute atomic E-state index is 9.50. The van der Waals surface area contributed by atoms with Crippen molar-refractivity contribution in [2.24, 2.45) is 5.73 Å². The van der Waals surface area contributed by atoms with E-state index in [9.17, 15) is 5.11 Å². The van der Waals surface area contributed by atoms with Crippen molar-refractivity contribution in [3.63, 3.8) is 0 Å². The van der Waals surface area contributed by atoms with Gasteiger partial charge in [0, 0.05) is 16.1 Å². The van der Waals surface area contributed by atoms with Crippen molar-refractivity contribution in [2.45, 2.75) is 12.5 Å². The molecule has 0 fully saturated rings. The van der Waals surface area contributed by atoms with Gasteiger partial charge >= 0.3 is 0 Å². The molecule has 14 heavy (non-hydrogen) atoms. The molecule has 78 valence electrons. The summed E-state index contributed by atoms with van der Waals surface area (Å²) >= 11 is 3.32. The van der Waals surface area contributed by atoms with Crippen molar-refractivity contribution in [1.82, 2.24) is 0 Å². The topological polar surface area (TPSA) is 46.2 Å². The average Bonchev–Trinajstić information content (AvgIpc) is 2.09. The number of phenols is 1. The van der Waals surface area contributed by atoms with E-state index in [1.807, 2.05) is 6.07 Å². The zero-order valence-corrected chi connectivity index (χ0v) is 10.0. The van der Waals surface area contributed by atoms with Crippen LogP contribution < -0.4 is 5.73 Å². The van der Waals surface area contributed by atoms with E-state index in [0.29, 0.717) is 6.42 Å². The summed E-state index contributed by atoms with van der Waals surface area (Å²) in [4.78, 5) is 0. The van der Waals surface area contributed by atoms with Gasteiger partial charge in [-0.25, -0.2) is 0 Å². The summed E-state index contributed by atoms with van der Waals surface area (Å²) in [6.07, 6.45) is 2.40. The van der Waals surface area contributed by atoms with E-state index in [0.717, 1.165) is 10.0 Å². The predicted molar refractivity (Wildman–Crippen MR) is 64.8 cm³/mol. The third kappa shape index (κ3) is 3.33. The Morgan fingerprint density at radius 3 is 2.79 bits per heavy atom. The van der Waals surface area contributed by atoms with Crippen molar-refractivity contribution in [3.8, 4) is 5.75 Å². The Morgan fingerprint density at radius 2 is 2.21 bits per heavy atom. The molecule has 0 unspecified atom stereocenters. The molecule has 0 amide bonds. The van der Waals surface area contributed by atoms with E-state index >= 15 is 0 Å². The minimum Gasteiger partial charge on any atom is -0.508 e. The van der Waals surface area contributed by atoms with Crippen molar-refractivity contribution >= 4 is 28.3 Å². The number of hydrogen-bond donors (Lipinski definition) is 2. The minimum absolute atomic E-state index is 0. The standard InChI is InChI=1S/C10H12BrNO.ClH/c1-2-3-9(12)8-6-7(11)4-5-10(8)13;/h2,4-6,9,13H,1,3,12H2;1H/t9-;/m0./s1. The lowest BCUT2D eigenvalue weighted by Crippen LogP contribution is -2.09. The van der Waals surface area contributed by atoms with Gasteiger partial charge in [-0.1, -0.05) is 22.0 Å². The average molecular weight is 279 g/mol. The molecule has 0 radical (unpaired) electrons. The van der Waals surface area contributed by atoms with Gasteiger partial charge in [0.2, 0.25) is 0 Å². The Labute approximate surface area is 98.4 Å². The summed E-state index contributed by atoms with van der Waals surface area (Å²) in [5, 5.41) is 9.50. The first-order valence-electron chi connectivity index (χ1n) is 4.00. The number of halogens is 2. The summed E-state index contributed by atoms with van der Waals surface area (Å²) < 4.78 is 0.916. The number of aromatic hydroxyl groups is 1. The van der Waals surface area contributed by atoms with Gasteiger partial charge in [-0.3, -0.25) is 0 Å². The lowest BCUT2D eigenvalue weighted by molar-refractivity contribution is 0.461. The van der Waals surface area contributed by atoms with Crippen LogP contribution in [0.2, 0.25) is 0 Å². The molecule has 1 rings (SSSR count). The highest BCUT2D eigenvalue weighted by molar-refractivity contribution is 9.10. The lowest BCUT2D eigenvalue weighted by atomic mass is 10.0. The highest BCUT2D eigenvalue weighted by atomic mass is 79.9. The summed E-state index contributed by atoms with van der Waals surface area (Å²) in [6.45, 7) is 3.60. The first kappa shape index (κ1) is 13.5. The summed E-state index contributed by atoms with van der Waals surface area (Å²) in [5.41, 5.74) is 6.57. The Kier molecular flexibility index (Phi) is 5.84. The molecular formula is C10H13BrClNO. The molecule has 0 aliphatic carbocycles. The van der Waals surface area contributed by atoms with E-state index < -0.39 is 0 Å². The smallest absolute Gasteiger partial charge is 0.120 e. The molecule has 0 aliphatic rings. The van der Waals surface area contributed by atoms with Crippen molar-refractivity contribution in [1.29, 1.82) is 0 Å². The van der Waals surface area contributed by atoms with Gasteiger partial charge in [0.1, 0.15) is 5.75 Å². The van der Waals surface area contributed by atoms with Crippen molar-refractivity contribution in [2.75, 3.05) is 0 Å². The zero-order chi connectivity index (χ0) is 9.84. The van der Waals surface area contributed by atoms with Crippen molar-refractivity contribution in [3.05, 3.63) is 40.9 Å². The van der Waals surface area contributed by atoms with Gasteiger partial charge in [0.05, 0.1) is 0 Å². The maximum atomic E-state index is 9.50. The molecule has 0 aromatic heterocycles. The Balaban J connectivity index is 0.00000169. The highest BCUT2D eigenvalue weighted by Gasteiger charge is 2.09. The van der Waals surface area contributed by atoms with Gasteiger partial charge < -0.3 is 10.8 Å². The quantitative estimate of drug-likeness (QED) is 0.834. The largest absolute Gasteiger partial charge is 0.508 e. The van der Waals surface area contributed by atoms with Crippen LogP contribution in [0.4, 0.5) is 0 Å². The van der Waals surface area contributed by atoms with Crippen LogP contribution in [-0.4, -0.2) is 5.11 Å². The zero-order valence-electron chi connectivity index (χ0n) is 7.61. The molecule has 2 nitrogen and oxygen atoms in total. The van der Waals surface area contributed by atoms with Crippen LogP contribution in [0, 0.1) is 0 Å². The molecule has 1 aromatic rings. The molecule has 0 bridgehead atoms. The third-order valence-corrected chi connectivity index (χ3v) is 2.30. The monoisotopic (exact) mass is 277 g/mol. The summed E-state index contributed by atoms with van der Waals surface area (Å²) in [7, 11) is 0. The van der Waals surface area contributed by atoms with Gasteiger partial charge in [-0.15, -0.1) is 19.0 Å². The fraction of sp³-hybridized carbons (Fsp3) is 0.200. The summed E-state index contributed by atoms with van der Waals surface area (Å²) in [5.74, 6) is 0.234. The molecule has 1 atom stereocenters. The van der Waals surface area contributed by atoms with Gasteiger partial charge in [-0.2, -0.15) is 0 Å². The maximum Gasteiger partial charge on any atom is 0.120 e. The Bertz CT molecular complexity index is 317. The first-order chi connectivity index (χ1) is 6.15. The Morgan fingerprint density at radius 1 is 1.57 bits per heavy atom. The SMILES string of the molecule is C=CC[C@H](N)c1cc(Br)ccc1O.Cl. The van der Waals surface area contributed by atoms with Crippen LogP contribution in [0.1, 0.15) is 18.0 Å². The van der Waals surface area contributed by atoms with Crippen LogP contribution in [0.3, 0.4) is 0 Å². The molecule has 0 spiro atoms. The molecule has 0 saturated heterocycles. The highest BCUT2D eigenvalue weighted by Crippen LogP contribution is 2.27. The fourth-order valence-corrected chi connectivity index (χ4v) is 1.51. The van der Waals surface area contributed by atoms with E-state index in [2.05, 4.69) is 22.5 Å². The van der Waals surface area contributed by atoms with E-state index in [1.165, 1.54) is 0 Å². The van der Waals surface area contributed by atoms with E-state index in [-0.39, 0.29) is 24.2 Å². The van der Waals surface area contributed by atoms with Gasteiger partial charge in [-0.05, 0) is 24.6 Å². The van der Waals surface area contributed by atoms with E-state index in [1.54, 1.807) is 18.2 Å². The number of phenolic OH excluding ortho intramolecular Hbond substituents is 1. The Hall–Kier alpha value is -0.510. The van der Waals surface area contributed by atoms with Crippen molar-refractivity contribution < 1.29 is 5.11 Å². The summed E-state index contributed by atoms with van der Waals surface area (Å²) in [6, 6.07) is 5.04. The normalized spacial score (nSPS) is 11.6. The molecule has 4 heteroatoms. The number of benzene rings is 1. The predicted octanol–water partition coefficient (Wildman–Crippen LogP) is 3.15. The lowest BCUT2D eigenvalue weighted by Gasteiger charge is -2.11. The van der Waals surface area contributed by atoms with Crippen LogP contribution in [0.25, 0.3) is 0 Å². The molecule has 0 saturated carbocycles. The molecule has 0 aliphatic heterocycles. The second-order valence-electron chi connectivity index (χ2n) is 2.83. The molecule has 3 N–H and O–H groups in total. The van der Waals surface area contributed by atoms with Crippen LogP contribution in [0.5, 0.6) is 5.75 Å². The van der Waals surface area contributed by atoms with Crippen LogP contribution in [-0.2, 0) is 0 Å². The molecule has 1 aromatic carbocycles. The van der Waals surface area contributed by atoms with Gasteiger partial charge in [0.15, 0.2) is 0 Å². The second-order valence-corrected chi connectivity index (χ2v) is 3.75. The second kappa shape index (κ2) is 6.06. The third-order valence-electron chi connectivity index (χ3n) is 1.81.